The van der Waals surface area contributed by atoms with Crippen LogP contribution in [0.3, 0.4) is 0 Å². The lowest BCUT2D eigenvalue weighted by atomic mass is 10.2. The lowest BCUT2D eigenvalue weighted by Gasteiger charge is -2.20. The molecule has 1 heterocycles. The summed E-state index contributed by atoms with van der Waals surface area (Å²) in [6.07, 6.45) is 0. The van der Waals surface area contributed by atoms with Crippen molar-refractivity contribution < 1.29 is 8.42 Å². The molecule has 2 rings (SSSR count). The van der Waals surface area contributed by atoms with Crippen molar-refractivity contribution in [2.24, 2.45) is 0 Å². The van der Waals surface area contributed by atoms with Gasteiger partial charge in [-0.1, -0.05) is 37.6 Å². The third-order valence-corrected chi connectivity index (χ3v) is 6.91. The van der Waals surface area contributed by atoms with E-state index >= 15 is 0 Å². The molecule has 0 fully saturated rings. The van der Waals surface area contributed by atoms with Crippen LogP contribution in [0, 0.1) is 13.8 Å². The lowest BCUT2D eigenvalue weighted by molar-refractivity contribution is 0.243. The zero-order chi connectivity index (χ0) is 19.5. The number of halogens is 1. The van der Waals surface area contributed by atoms with E-state index in [9.17, 15) is 8.42 Å². The number of hydrogen-bond acceptors (Lipinski definition) is 4. The highest BCUT2D eigenvalue weighted by Crippen LogP contribution is 2.23. The van der Waals surface area contributed by atoms with Crippen LogP contribution in [0.5, 0.6) is 0 Å². The number of nitrogens with zero attached hydrogens (tertiary/aromatic N) is 4. The van der Waals surface area contributed by atoms with Gasteiger partial charge in [0.25, 0.3) is 0 Å². The van der Waals surface area contributed by atoms with E-state index in [1.54, 1.807) is 11.6 Å². The monoisotopic (exact) mass is 398 g/mol. The first-order valence-electron chi connectivity index (χ1n) is 8.67. The molecule has 26 heavy (non-hydrogen) atoms. The van der Waals surface area contributed by atoms with Crippen LogP contribution >= 0.6 is 11.6 Å². The fourth-order valence-corrected chi connectivity index (χ4v) is 5.02. The van der Waals surface area contributed by atoms with Crippen molar-refractivity contribution in [1.29, 1.82) is 0 Å². The Kier molecular flexibility index (Phi) is 6.85. The van der Waals surface area contributed by atoms with Gasteiger partial charge in [0.15, 0.2) is 0 Å². The van der Waals surface area contributed by atoms with E-state index in [1.807, 2.05) is 52.1 Å². The Morgan fingerprint density at radius 3 is 2.23 bits per heavy atom. The molecule has 1 aromatic heterocycles. The first-order chi connectivity index (χ1) is 12.2. The van der Waals surface area contributed by atoms with E-state index in [2.05, 4.69) is 10.00 Å². The second-order valence-corrected chi connectivity index (χ2v) is 8.68. The summed E-state index contributed by atoms with van der Waals surface area (Å²) >= 11 is 5.92. The maximum absolute atomic E-state index is 12.9. The number of rotatable bonds is 8. The number of sulfonamides is 1. The van der Waals surface area contributed by atoms with Crippen LogP contribution in [0.15, 0.2) is 29.2 Å². The van der Waals surface area contributed by atoms with Crippen LogP contribution in [0.1, 0.15) is 30.8 Å². The average Bonchev–Trinajstić information content (AvgIpc) is 2.84. The van der Waals surface area contributed by atoms with Crippen molar-refractivity contribution in [3.8, 4) is 0 Å². The van der Waals surface area contributed by atoms with Crippen LogP contribution in [-0.2, 0) is 23.2 Å². The van der Waals surface area contributed by atoms with Gasteiger partial charge in [0.05, 0.1) is 18.1 Å². The highest BCUT2D eigenvalue weighted by molar-refractivity contribution is 7.89. The zero-order valence-corrected chi connectivity index (χ0v) is 17.6. The summed E-state index contributed by atoms with van der Waals surface area (Å²) in [5.41, 5.74) is 2.33. The highest BCUT2D eigenvalue weighted by atomic mass is 35.5. The zero-order valence-electron chi connectivity index (χ0n) is 16.0. The van der Waals surface area contributed by atoms with Crippen molar-refractivity contribution in [2.75, 3.05) is 20.1 Å². The normalized spacial score (nSPS) is 12.3. The molecule has 0 amide bonds. The fourth-order valence-electron chi connectivity index (χ4n) is 3.06. The number of hydrogen-bond donors (Lipinski definition) is 0. The van der Waals surface area contributed by atoms with Gasteiger partial charge in [-0.2, -0.15) is 9.40 Å². The Morgan fingerprint density at radius 1 is 1.12 bits per heavy atom. The van der Waals surface area contributed by atoms with Gasteiger partial charge in [0.2, 0.25) is 10.0 Å². The molecule has 0 atom stereocenters. The molecule has 0 bridgehead atoms. The highest BCUT2D eigenvalue weighted by Gasteiger charge is 2.29. The number of benzene rings is 1. The van der Waals surface area contributed by atoms with Gasteiger partial charge in [-0.25, -0.2) is 8.42 Å². The van der Waals surface area contributed by atoms with Crippen LogP contribution < -0.4 is 0 Å². The summed E-state index contributed by atoms with van der Waals surface area (Å²) in [4.78, 5) is 2.40. The van der Waals surface area contributed by atoms with Gasteiger partial charge in [0.1, 0.15) is 4.90 Å². The van der Waals surface area contributed by atoms with E-state index in [1.165, 1.54) is 4.31 Å². The Balaban J connectivity index is 2.23. The molecule has 0 aliphatic rings. The predicted octanol–water partition coefficient (Wildman–Crippen LogP) is 3.27. The Morgan fingerprint density at radius 2 is 1.69 bits per heavy atom. The first-order valence-corrected chi connectivity index (χ1v) is 10.5. The number of aryl methyl sites for hydroxylation is 1. The van der Waals surface area contributed by atoms with E-state index in [-0.39, 0.29) is 0 Å². The smallest absolute Gasteiger partial charge is 0.246 e. The van der Waals surface area contributed by atoms with Gasteiger partial charge in [-0.05, 0) is 38.6 Å². The van der Waals surface area contributed by atoms with E-state index in [4.69, 9.17) is 11.6 Å². The summed E-state index contributed by atoms with van der Waals surface area (Å²) < 4.78 is 29.0. The Labute approximate surface area is 161 Å². The van der Waals surface area contributed by atoms with Gasteiger partial charge in [0, 0.05) is 24.7 Å². The molecule has 0 saturated heterocycles. The molecule has 6 nitrogen and oxygen atoms in total. The second kappa shape index (κ2) is 8.52. The maximum atomic E-state index is 12.9. The van der Waals surface area contributed by atoms with Gasteiger partial charge >= 0.3 is 0 Å². The summed E-state index contributed by atoms with van der Waals surface area (Å²) in [7, 11) is -1.55. The molecule has 0 spiro atoms. The van der Waals surface area contributed by atoms with Crippen molar-refractivity contribution >= 4 is 21.6 Å². The molecule has 0 aliphatic carbocycles. The van der Waals surface area contributed by atoms with E-state index in [0.29, 0.717) is 47.6 Å². The largest absolute Gasteiger partial charge is 0.283 e. The van der Waals surface area contributed by atoms with Crippen molar-refractivity contribution in [3.63, 3.8) is 0 Å². The summed E-state index contributed by atoms with van der Waals surface area (Å²) in [5, 5.41) is 5.18. The molecule has 8 heteroatoms. The van der Waals surface area contributed by atoms with Gasteiger partial charge in [-0.3, -0.25) is 9.58 Å². The minimum absolute atomic E-state index is 0.320. The summed E-state index contributed by atoms with van der Waals surface area (Å²) in [6.45, 7) is 9.35. The third kappa shape index (κ3) is 4.46. The van der Waals surface area contributed by atoms with Crippen LogP contribution in [0.25, 0.3) is 0 Å². The lowest BCUT2D eigenvalue weighted by Crippen LogP contribution is -2.31. The SMILES string of the molecule is CCN(CC)S(=O)(=O)c1c(C)nn(CN(C)Cc2ccc(Cl)cc2)c1C. The second-order valence-electron chi connectivity index (χ2n) is 6.37. The molecule has 144 valence electrons. The van der Waals surface area contributed by atoms with E-state index < -0.39 is 10.0 Å². The molecule has 0 N–H and O–H groups in total. The third-order valence-electron chi connectivity index (χ3n) is 4.36. The standard InChI is InChI=1S/C18H27ClN4O2S/c1-6-22(7-2)26(24,25)18-14(3)20-23(15(18)4)13-21(5)12-16-8-10-17(19)11-9-16/h8-11H,6-7,12-13H2,1-5H3. The molecule has 2 aromatic rings. The maximum Gasteiger partial charge on any atom is 0.246 e. The van der Waals surface area contributed by atoms with Crippen LogP contribution in [-0.4, -0.2) is 47.5 Å². The van der Waals surface area contributed by atoms with Gasteiger partial charge < -0.3 is 0 Å². The van der Waals surface area contributed by atoms with Gasteiger partial charge in [-0.15, -0.1) is 0 Å². The van der Waals surface area contributed by atoms with Crippen molar-refractivity contribution in [3.05, 3.63) is 46.2 Å². The molecule has 0 saturated carbocycles. The van der Waals surface area contributed by atoms with Crippen molar-refractivity contribution in [2.45, 2.75) is 45.8 Å². The minimum Gasteiger partial charge on any atom is -0.283 e. The quantitative estimate of drug-likeness (QED) is 0.684. The topological polar surface area (TPSA) is 58.4 Å². The summed E-state index contributed by atoms with van der Waals surface area (Å²) in [5.74, 6) is 0. The molecule has 0 unspecified atom stereocenters. The summed E-state index contributed by atoms with van der Waals surface area (Å²) in [6, 6.07) is 7.69. The molecular formula is C18H27ClN4O2S. The molecule has 0 aliphatic heterocycles. The Bertz CT molecular complexity index is 843. The van der Waals surface area contributed by atoms with E-state index in [0.717, 1.165) is 5.56 Å². The van der Waals surface area contributed by atoms with Crippen molar-refractivity contribution in [1.82, 2.24) is 19.0 Å². The molecule has 0 radical (unpaired) electrons. The van der Waals surface area contributed by atoms with Crippen LogP contribution in [0.4, 0.5) is 0 Å². The molecular weight excluding hydrogens is 372 g/mol. The Hall–Kier alpha value is -1.41. The van der Waals surface area contributed by atoms with Crippen LogP contribution in [0.2, 0.25) is 5.02 Å². The fraction of sp³-hybridized carbons (Fsp3) is 0.500. The average molecular weight is 399 g/mol. The molecule has 1 aromatic carbocycles. The minimum atomic E-state index is -3.52. The predicted molar refractivity (Wildman–Crippen MR) is 105 cm³/mol. The first kappa shape index (κ1) is 20.9. The number of aromatic nitrogens is 2.